The van der Waals surface area contributed by atoms with Crippen molar-refractivity contribution < 1.29 is 23.8 Å². The van der Waals surface area contributed by atoms with Crippen LogP contribution in [0.3, 0.4) is 0 Å². The van der Waals surface area contributed by atoms with Crippen molar-refractivity contribution in [2.75, 3.05) is 13.7 Å². The third-order valence-electron chi connectivity index (χ3n) is 3.39. The zero-order chi connectivity index (χ0) is 17.5. The lowest BCUT2D eigenvalue weighted by atomic mass is 10.0. The minimum absolute atomic E-state index is 0.145. The van der Waals surface area contributed by atoms with Crippen LogP contribution in [0.2, 0.25) is 0 Å². The van der Waals surface area contributed by atoms with E-state index in [1.54, 1.807) is 13.0 Å². The number of Topliss-reactive ketones (excluding diaryl/α,β-unsaturated/α-hetero) is 1. The molecule has 0 spiro atoms. The lowest BCUT2D eigenvalue weighted by Crippen LogP contribution is -2.12. The van der Waals surface area contributed by atoms with Gasteiger partial charge >= 0.3 is 5.97 Å². The predicted molar refractivity (Wildman–Crippen MR) is 89.7 cm³/mol. The summed E-state index contributed by atoms with van der Waals surface area (Å²) in [6.07, 6.45) is 0. The second-order valence-corrected chi connectivity index (χ2v) is 5.10. The van der Waals surface area contributed by atoms with Crippen molar-refractivity contribution in [1.82, 2.24) is 0 Å². The van der Waals surface area contributed by atoms with Gasteiger partial charge < -0.3 is 14.2 Å². The second-order valence-electron chi connectivity index (χ2n) is 5.10. The van der Waals surface area contributed by atoms with Gasteiger partial charge in [0.1, 0.15) is 18.1 Å². The van der Waals surface area contributed by atoms with E-state index in [9.17, 15) is 9.59 Å². The molecule has 0 radical (unpaired) electrons. The first-order chi connectivity index (χ1) is 11.6. The Morgan fingerprint density at radius 3 is 2.38 bits per heavy atom. The van der Waals surface area contributed by atoms with Gasteiger partial charge in [0.25, 0.3) is 0 Å². The number of ether oxygens (including phenoxy) is 3. The number of methoxy groups -OCH3 is 1. The summed E-state index contributed by atoms with van der Waals surface area (Å²) in [6.45, 7) is 3.64. The first-order valence-electron chi connectivity index (χ1n) is 7.63. The van der Waals surface area contributed by atoms with Crippen molar-refractivity contribution in [3.63, 3.8) is 0 Å². The molecule has 0 N–H and O–H groups in total. The summed E-state index contributed by atoms with van der Waals surface area (Å²) in [5.41, 5.74) is 1.33. The number of hydrogen-bond acceptors (Lipinski definition) is 5. The summed E-state index contributed by atoms with van der Waals surface area (Å²) in [5, 5.41) is 0. The monoisotopic (exact) mass is 328 g/mol. The fraction of sp³-hybridized carbons (Fsp3) is 0.263. The molecule has 0 aliphatic rings. The maximum Gasteiger partial charge on any atom is 0.339 e. The van der Waals surface area contributed by atoms with Crippen LogP contribution in [0.4, 0.5) is 0 Å². The molecule has 0 atom stereocenters. The maximum atomic E-state index is 12.2. The fourth-order valence-corrected chi connectivity index (χ4v) is 2.31. The van der Waals surface area contributed by atoms with Crippen LogP contribution < -0.4 is 9.47 Å². The Balaban J connectivity index is 2.36. The van der Waals surface area contributed by atoms with Gasteiger partial charge in [0.05, 0.1) is 24.8 Å². The van der Waals surface area contributed by atoms with Crippen LogP contribution in [-0.4, -0.2) is 25.5 Å². The summed E-state index contributed by atoms with van der Waals surface area (Å²) in [7, 11) is 1.44. The van der Waals surface area contributed by atoms with Crippen molar-refractivity contribution >= 4 is 11.8 Å². The topological polar surface area (TPSA) is 61.8 Å². The fourth-order valence-electron chi connectivity index (χ4n) is 2.31. The number of esters is 1. The average molecular weight is 328 g/mol. The van der Waals surface area contributed by atoms with Crippen LogP contribution in [0.1, 0.15) is 40.1 Å². The normalized spacial score (nSPS) is 10.1. The molecule has 5 heteroatoms. The number of hydrogen-bond donors (Lipinski definition) is 0. The number of rotatable bonds is 7. The van der Waals surface area contributed by atoms with Gasteiger partial charge in [0.2, 0.25) is 0 Å². The minimum Gasteiger partial charge on any atom is -0.496 e. The van der Waals surface area contributed by atoms with E-state index in [2.05, 4.69) is 0 Å². The Labute approximate surface area is 141 Å². The highest BCUT2D eigenvalue weighted by molar-refractivity contribution is 6.07. The second kappa shape index (κ2) is 8.15. The Kier molecular flexibility index (Phi) is 5.95. The van der Waals surface area contributed by atoms with Crippen LogP contribution in [0.5, 0.6) is 11.5 Å². The van der Waals surface area contributed by atoms with E-state index in [0.717, 1.165) is 5.56 Å². The lowest BCUT2D eigenvalue weighted by molar-refractivity contribution is 0.0522. The summed E-state index contributed by atoms with van der Waals surface area (Å²) in [5.74, 6) is -0.129. The molecule has 2 rings (SSSR count). The van der Waals surface area contributed by atoms with E-state index in [0.29, 0.717) is 12.4 Å². The standard InChI is InChI=1S/C19H20O5/c1-4-23-19(21)16-10-15(11-17(22-3)18(16)13(2)20)24-12-14-8-6-5-7-9-14/h5-11H,4,12H2,1-3H3. The van der Waals surface area contributed by atoms with E-state index >= 15 is 0 Å². The highest BCUT2D eigenvalue weighted by Gasteiger charge is 2.22. The number of carbonyl (C=O) groups is 2. The van der Waals surface area contributed by atoms with Crippen LogP contribution in [0.25, 0.3) is 0 Å². The Morgan fingerprint density at radius 2 is 1.79 bits per heavy atom. The molecule has 126 valence electrons. The van der Waals surface area contributed by atoms with Crippen molar-refractivity contribution in [2.45, 2.75) is 20.5 Å². The van der Waals surface area contributed by atoms with Crippen LogP contribution in [-0.2, 0) is 11.3 Å². The minimum atomic E-state index is -0.578. The van der Waals surface area contributed by atoms with Crippen molar-refractivity contribution in [3.05, 3.63) is 59.2 Å². The number of carbonyl (C=O) groups excluding carboxylic acids is 2. The van der Waals surface area contributed by atoms with E-state index in [4.69, 9.17) is 14.2 Å². The maximum absolute atomic E-state index is 12.2. The molecule has 0 heterocycles. The van der Waals surface area contributed by atoms with Crippen molar-refractivity contribution in [1.29, 1.82) is 0 Å². The molecule has 0 saturated heterocycles. The van der Waals surface area contributed by atoms with Gasteiger partial charge in [-0.2, -0.15) is 0 Å². The van der Waals surface area contributed by atoms with Gasteiger partial charge in [0, 0.05) is 6.07 Å². The largest absolute Gasteiger partial charge is 0.496 e. The summed E-state index contributed by atoms with van der Waals surface area (Å²) in [6, 6.07) is 12.8. The molecule has 0 aliphatic heterocycles. The van der Waals surface area contributed by atoms with Gasteiger partial charge in [-0.1, -0.05) is 30.3 Å². The summed E-state index contributed by atoms with van der Waals surface area (Å²) in [4.78, 5) is 24.1. The zero-order valence-electron chi connectivity index (χ0n) is 14.0. The molecule has 0 bridgehead atoms. The first kappa shape index (κ1) is 17.5. The van der Waals surface area contributed by atoms with Crippen LogP contribution in [0, 0.1) is 0 Å². The van der Waals surface area contributed by atoms with E-state index in [-0.39, 0.29) is 29.3 Å². The molecule has 24 heavy (non-hydrogen) atoms. The van der Waals surface area contributed by atoms with Crippen LogP contribution in [0.15, 0.2) is 42.5 Å². The van der Waals surface area contributed by atoms with Crippen LogP contribution >= 0.6 is 0 Å². The van der Waals surface area contributed by atoms with E-state index in [1.807, 2.05) is 30.3 Å². The molecule has 0 unspecified atom stereocenters. The molecule has 0 saturated carbocycles. The Morgan fingerprint density at radius 1 is 1.08 bits per heavy atom. The van der Waals surface area contributed by atoms with Crippen molar-refractivity contribution in [3.8, 4) is 11.5 Å². The van der Waals surface area contributed by atoms with Gasteiger partial charge in [-0.05, 0) is 25.5 Å². The van der Waals surface area contributed by atoms with E-state index < -0.39 is 5.97 Å². The Bertz CT molecular complexity index is 722. The summed E-state index contributed by atoms with van der Waals surface area (Å²) >= 11 is 0. The molecule has 0 aromatic heterocycles. The van der Waals surface area contributed by atoms with Crippen molar-refractivity contribution in [2.24, 2.45) is 0 Å². The third-order valence-corrected chi connectivity index (χ3v) is 3.39. The predicted octanol–water partition coefficient (Wildman–Crippen LogP) is 3.65. The lowest BCUT2D eigenvalue weighted by Gasteiger charge is -2.14. The average Bonchev–Trinajstić information content (AvgIpc) is 2.59. The van der Waals surface area contributed by atoms with E-state index in [1.165, 1.54) is 20.1 Å². The molecular formula is C19H20O5. The van der Waals surface area contributed by atoms with Gasteiger partial charge in [-0.15, -0.1) is 0 Å². The molecule has 0 aliphatic carbocycles. The third kappa shape index (κ3) is 4.13. The smallest absolute Gasteiger partial charge is 0.339 e. The molecule has 2 aromatic carbocycles. The molecule has 0 amide bonds. The highest BCUT2D eigenvalue weighted by atomic mass is 16.5. The quantitative estimate of drug-likeness (QED) is 0.573. The summed E-state index contributed by atoms with van der Waals surface area (Å²) < 4.78 is 16.0. The number of benzene rings is 2. The Hall–Kier alpha value is -2.82. The van der Waals surface area contributed by atoms with Gasteiger partial charge in [-0.25, -0.2) is 4.79 Å². The molecule has 0 fully saturated rings. The van der Waals surface area contributed by atoms with Gasteiger partial charge in [0.15, 0.2) is 5.78 Å². The molecule has 2 aromatic rings. The first-order valence-corrected chi connectivity index (χ1v) is 7.63. The zero-order valence-corrected chi connectivity index (χ0v) is 14.0. The highest BCUT2D eigenvalue weighted by Crippen LogP contribution is 2.30. The SMILES string of the molecule is CCOC(=O)c1cc(OCc2ccccc2)cc(OC)c1C(C)=O. The molecule has 5 nitrogen and oxygen atoms in total. The number of ketones is 1. The van der Waals surface area contributed by atoms with Gasteiger partial charge in [-0.3, -0.25) is 4.79 Å². The molecular weight excluding hydrogens is 308 g/mol.